The highest BCUT2D eigenvalue weighted by Crippen LogP contribution is 2.13. The number of carbonyl (C=O) groups is 1. The molecular weight excluding hydrogens is 266 g/mol. The molecule has 0 saturated carbocycles. The molecule has 0 aliphatic rings. The number of sulfonamides is 1. The van der Waals surface area contributed by atoms with Crippen molar-refractivity contribution in [3.8, 4) is 0 Å². The fourth-order valence-corrected chi connectivity index (χ4v) is 2.22. The van der Waals surface area contributed by atoms with Crippen LogP contribution in [0.4, 0.5) is 5.69 Å². The summed E-state index contributed by atoms with van der Waals surface area (Å²) in [4.78, 5) is 11.7. The van der Waals surface area contributed by atoms with E-state index >= 15 is 0 Å². The van der Waals surface area contributed by atoms with Crippen LogP contribution < -0.4 is 16.2 Å². The van der Waals surface area contributed by atoms with E-state index in [1.54, 1.807) is 31.2 Å². The van der Waals surface area contributed by atoms with Gasteiger partial charge in [-0.25, -0.2) is 13.6 Å². The van der Waals surface area contributed by atoms with Gasteiger partial charge in [-0.15, -0.1) is 0 Å². The molecule has 1 unspecified atom stereocenters. The minimum atomic E-state index is -3.54. The number of nitrogens with two attached hydrogens (primary N) is 2. The standard InChI is InChI=1S/C12H19N3O3S/c1-9(6-7-13)12(16)15-11-4-2-10(3-5-11)8-19(14,17)18/h2-5,9H,6-8,13H2,1H3,(H,15,16)(H2,14,17,18). The lowest BCUT2D eigenvalue weighted by molar-refractivity contribution is -0.119. The molecule has 1 aromatic rings. The molecule has 0 aliphatic heterocycles. The van der Waals surface area contributed by atoms with Gasteiger partial charge in [-0.3, -0.25) is 4.79 Å². The van der Waals surface area contributed by atoms with E-state index in [0.29, 0.717) is 24.2 Å². The van der Waals surface area contributed by atoms with E-state index in [9.17, 15) is 13.2 Å². The lowest BCUT2D eigenvalue weighted by atomic mass is 10.1. The monoisotopic (exact) mass is 285 g/mol. The van der Waals surface area contributed by atoms with Crippen LogP contribution in [-0.4, -0.2) is 20.9 Å². The molecule has 106 valence electrons. The second kappa shape index (κ2) is 6.65. The van der Waals surface area contributed by atoms with Crippen molar-refractivity contribution in [2.75, 3.05) is 11.9 Å². The van der Waals surface area contributed by atoms with E-state index in [-0.39, 0.29) is 17.6 Å². The molecule has 0 saturated heterocycles. The highest BCUT2D eigenvalue weighted by Gasteiger charge is 2.12. The van der Waals surface area contributed by atoms with Gasteiger partial charge in [0, 0.05) is 11.6 Å². The van der Waals surface area contributed by atoms with Gasteiger partial charge in [-0.2, -0.15) is 0 Å². The third-order valence-electron chi connectivity index (χ3n) is 2.64. The lowest BCUT2D eigenvalue weighted by Gasteiger charge is -2.11. The molecule has 6 nitrogen and oxygen atoms in total. The van der Waals surface area contributed by atoms with Gasteiger partial charge < -0.3 is 11.1 Å². The van der Waals surface area contributed by atoms with Crippen molar-refractivity contribution >= 4 is 21.6 Å². The first-order chi connectivity index (χ1) is 8.81. The van der Waals surface area contributed by atoms with Crippen molar-refractivity contribution in [1.82, 2.24) is 0 Å². The minimum absolute atomic E-state index is 0.107. The third kappa shape index (κ3) is 5.82. The Morgan fingerprint density at radius 3 is 2.37 bits per heavy atom. The highest BCUT2D eigenvalue weighted by atomic mass is 32.2. The summed E-state index contributed by atoms with van der Waals surface area (Å²) >= 11 is 0. The Labute approximate surface area is 113 Å². The number of hydrogen-bond donors (Lipinski definition) is 3. The van der Waals surface area contributed by atoms with Crippen molar-refractivity contribution in [2.24, 2.45) is 16.8 Å². The molecule has 19 heavy (non-hydrogen) atoms. The number of primary sulfonamides is 1. The summed E-state index contributed by atoms with van der Waals surface area (Å²) in [5, 5.41) is 7.69. The molecular formula is C12H19N3O3S. The topological polar surface area (TPSA) is 115 Å². The largest absolute Gasteiger partial charge is 0.330 e. The van der Waals surface area contributed by atoms with Crippen LogP contribution in [0, 0.1) is 5.92 Å². The van der Waals surface area contributed by atoms with E-state index in [4.69, 9.17) is 10.9 Å². The Morgan fingerprint density at radius 1 is 1.32 bits per heavy atom. The first-order valence-corrected chi connectivity index (χ1v) is 7.63. The number of nitrogens with one attached hydrogen (secondary N) is 1. The fourth-order valence-electron chi connectivity index (χ4n) is 1.56. The first kappa shape index (κ1) is 15.6. The number of anilines is 1. The van der Waals surface area contributed by atoms with Gasteiger partial charge >= 0.3 is 0 Å². The number of hydrogen-bond acceptors (Lipinski definition) is 4. The highest BCUT2D eigenvalue weighted by molar-refractivity contribution is 7.88. The van der Waals surface area contributed by atoms with Crippen molar-refractivity contribution < 1.29 is 13.2 Å². The molecule has 1 amide bonds. The van der Waals surface area contributed by atoms with Crippen molar-refractivity contribution in [1.29, 1.82) is 0 Å². The minimum Gasteiger partial charge on any atom is -0.330 e. The molecule has 0 fully saturated rings. The predicted molar refractivity (Wildman–Crippen MR) is 74.7 cm³/mol. The second-order valence-corrected chi connectivity index (χ2v) is 6.09. The molecule has 0 heterocycles. The van der Waals surface area contributed by atoms with Crippen LogP contribution in [0.2, 0.25) is 0 Å². The average Bonchev–Trinajstić information content (AvgIpc) is 2.30. The maximum atomic E-state index is 11.7. The Bertz CT molecular complexity index is 526. The van der Waals surface area contributed by atoms with Gasteiger partial charge in [0.05, 0.1) is 5.75 Å². The van der Waals surface area contributed by atoms with Crippen molar-refractivity contribution in [3.05, 3.63) is 29.8 Å². The second-order valence-electron chi connectivity index (χ2n) is 4.47. The van der Waals surface area contributed by atoms with E-state index < -0.39 is 10.0 Å². The molecule has 0 bridgehead atoms. The molecule has 7 heteroatoms. The Kier molecular flexibility index (Phi) is 5.46. The fraction of sp³-hybridized carbons (Fsp3) is 0.417. The van der Waals surface area contributed by atoms with Gasteiger partial charge in [-0.05, 0) is 30.7 Å². The SMILES string of the molecule is CC(CCN)C(=O)Nc1ccc(CS(N)(=O)=O)cc1. The van der Waals surface area contributed by atoms with Crippen LogP contribution in [0.15, 0.2) is 24.3 Å². The number of carbonyl (C=O) groups excluding carboxylic acids is 1. The Balaban J connectivity index is 2.64. The quantitative estimate of drug-likeness (QED) is 0.701. The summed E-state index contributed by atoms with van der Waals surface area (Å²) in [5.74, 6) is -0.483. The number of amides is 1. The van der Waals surface area contributed by atoms with E-state index in [1.807, 2.05) is 0 Å². The first-order valence-electron chi connectivity index (χ1n) is 5.92. The molecule has 5 N–H and O–H groups in total. The summed E-state index contributed by atoms with van der Waals surface area (Å²) in [6, 6.07) is 6.53. The summed E-state index contributed by atoms with van der Waals surface area (Å²) in [6.45, 7) is 2.26. The predicted octanol–water partition coefficient (Wildman–Crippen LogP) is 0.399. The summed E-state index contributed by atoms with van der Waals surface area (Å²) < 4.78 is 21.8. The van der Waals surface area contributed by atoms with Gasteiger partial charge in [0.1, 0.15) is 0 Å². The van der Waals surface area contributed by atoms with Gasteiger partial charge in [0.25, 0.3) is 0 Å². The zero-order valence-electron chi connectivity index (χ0n) is 10.8. The van der Waals surface area contributed by atoms with Crippen LogP contribution in [0.3, 0.4) is 0 Å². The zero-order valence-corrected chi connectivity index (χ0v) is 11.6. The summed E-state index contributed by atoms with van der Waals surface area (Å²) in [6.07, 6.45) is 0.620. The van der Waals surface area contributed by atoms with Crippen LogP contribution in [0.25, 0.3) is 0 Å². The van der Waals surface area contributed by atoms with Gasteiger partial charge in [0.2, 0.25) is 15.9 Å². The smallest absolute Gasteiger partial charge is 0.227 e. The van der Waals surface area contributed by atoms with E-state index in [2.05, 4.69) is 5.32 Å². The van der Waals surface area contributed by atoms with Crippen LogP contribution in [0.5, 0.6) is 0 Å². The van der Waals surface area contributed by atoms with E-state index in [0.717, 1.165) is 0 Å². The average molecular weight is 285 g/mol. The molecule has 1 aromatic carbocycles. The maximum Gasteiger partial charge on any atom is 0.227 e. The molecule has 0 spiro atoms. The third-order valence-corrected chi connectivity index (χ3v) is 3.37. The zero-order chi connectivity index (χ0) is 14.5. The van der Waals surface area contributed by atoms with Crippen molar-refractivity contribution in [2.45, 2.75) is 19.1 Å². The number of benzene rings is 1. The molecule has 0 aromatic heterocycles. The van der Waals surface area contributed by atoms with Crippen LogP contribution >= 0.6 is 0 Å². The number of rotatable bonds is 6. The van der Waals surface area contributed by atoms with Gasteiger partial charge in [-0.1, -0.05) is 19.1 Å². The molecule has 1 atom stereocenters. The van der Waals surface area contributed by atoms with Crippen LogP contribution in [0.1, 0.15) is 18.9 Å². The summed E-state index contributed by atoms with van der Waals surface area (Å²) in [7, 11) is -3.54. The molecule has 0 aliphatic carbocycles. The summed E-state index contributed by atoms with van der Waals surface area (Å²) in [5.41, 5.74) is 6.59. The molecule has 0 radical (unpaired) electrons. The Morgan fingerprint density at radius 2 is 1.89 bits per heavy atom. The van der Waals surface area contributed by atoms with Crippen LogP contribution in [-0.2, 0) is 20.6 Å². The normalized spacial score (nSPS) is 13.0. The van der Waals surface area contributed by atoms with Gasteiger partial charge in [0.15, 0.2) is 0 Å². The van der Waals surface area contributed by atoms with E-state index in [1.165, 1.54) is 0 Å². The molecule has 1 rings (SSSR count). The van der Waals surface area contributed by atoms with Crippen molar-refractivity contribution in [3.63, 3.8) is 0 Å². The Hall–Kier alpha value is -1.44. The lowest BCUT2D eigenvalue weighted by Crippen LogP contribution is -2.22. The maximum absolute atomic E-state index is 11.7.